The van der Waals surface area contributed by atoms with E-state index in [1.807, 2.05) is 0 Å². The Bertz CT molecular complexity index is 233. The van der Waals surface area contributed by atoms with Gasteiger partial charge in [0.1, 0.15) is 0 Å². The summed E-state index contributed by atoms with van der Waals surface area (Å²) in [4.78, 5) is 23.2. The third-order valence-electron chi connectivity index (χ3n) is 2.16. The molecule has 6 heteroatoms. The minimum Gasteiger partial charge on any atom is -0.481 e. The maximum Gasteiger partial charge on any atom is 0.307 e. The van der Waals surface area contributed by atoms with E-state index in [9.17, 15) is 9.59 Å². The van der Waals surface area contributed by atoms with Gasteiger partial charge >= 0.3 is 5.97 Å². The van der Waals surface area contributed by atoms with Crippen LogP contribution in [0.15, 0.2) is 0 Å². The second kappa shape index (κ2) is 8.06. The van der Waals surface area contributed by atoms with E-state index in [1.165, 1.54) is 0 Å². The average Bonchev–Trinajstić information content (AvgIpc) is 2.16. The van der Waals surface area contributed by atoms with Gasteiger partial charge in [0.25, 0.3) is 0 Å². The molecule has 6 nitrogen and oxygen atoms in total. The fourth-order valence-electron chi connectivity index (χ4n) is 1.35. The molecule has 1 atom stereocenters. The third-order valence-corrected chi connectivity index (χ3v) is 2.16. The van der Waals surface area contributed by atoms with Crippen LogP contribution in [-0.4, -0.2) is 55.2 Å². The zero-order valence-corrected chi connectivity index (χ0v) is 9.81. The predicted molar refractivity (Wildman–Crippen MR) is 58.9 cm³/mol. The predicted octanol–water partition coefficient (Wildman–Crippen LogP) is -0.469. The Morgan fingerprint density at radius 3 is 2.56 bits per heavy atom. The standard InChI is InChI=1S/C10H20N2O4/c1-8(10(14)15)6-12(7-9(11)13)4-3-5-16-2/h8H,3-7H2,1-2H3,(H2,11,13)(H,14,15). The smallest absolute Gasteiger partial charge is 0.307 e. The van der Waals surface area contributed by atoms with Crippen LogP contribution in [0.2, 0.25) is 0 Å². The van der Waals surface area contributed by atoms with E-state index in [4.69, 9.17) is 15.6 Å². The van der Waals surface area contributed by atoms with Crippen LogP contribution in [-0.2, 0) is 14.3 Å². The lowest BCUT2D eigenvalue weighted by Gasteiger charge is -2.22. The average molecular weight is 232 g/mol. The molecule has 3 N–H and O–H groups in total. The number of carbonyl (C=O) groups is 2. The first-order chi connectivity index (χ1) is 7.47. The molecule has 0 aromatic rings. The Morgan fingerprint density at radius 2 is 2.12 bits per heavy atom. The number of aliphatic carboxylic acids is 1. The van der Waals surface area contributed by atoms with E-state index >= 15 is 0 Å². The van der Waals surface area contributed by atoms with Crippen LogP contribution in [0.5, 0.6) is 0 Å². The molecule has 0 spiro atoms. The van der Waals surface area contributed by atoms with Crippen LogP contribution in [0, 0.1) is 5.92 Å². The minimum atomic E-state index is -0.874. The van der Waals surface area contributed by atoms with E-state index < -0.39 is 17.8 Å². The first-order valence-corrected chi connectivity index (χ1v) is 5.19. The van der Waals surface area contributed by atoms with Crippen LogP contribution in [0.3, 0.4) is 0 Å². The molecule has 0 aromatic carbocycles. The largest absolute Gasteiger partial charge is 0.481 e. The van der Waals surface area contributed by atoms with E-state index in [1.54, 1.807) is 18.9 Å². The lowest BCUT2D eigenvalue weighted by atomic mass is 10.1. The zero-order valence-electron chi connectivity index (χ0n) is 9.81. The summed E-state index contributed by atoms with van der Waals surface area (Å²) in [6, 6.07) is 0. The number of nitrogens with zero attached hydrogens (tertiary/aromatic N) is 1. The molecule has 0 aliphatic heterocycles. The Kier molecular flexibility index (Phi) is 7.49. The normalized spacial score (nSPS) is 12.7. The maximum atomic E-state index is 10.8. The molecular weight excluding hydrogens is 212 g/mol. The Hall–Kier alpha value is -1.14. The number of nitrogens with two attached hydrogens (primary N) is 1. The van der Waals surface area contributed by atoms with Crippen molar-refractivity contribution in [1.82, 2.24) is 4.90 Å². The molecule has 0 radical (unpaired) electrons. The number of carboxylic acid groups (broad SMARTS) is 1. The highest BCUT2D eigenvalue weighted by Crippen LogP contribution is 2.01. The molecular formula is C10H20N2O4. The number of methoxy groups -OCH3 is 1. The molecule has 0 saturated heterocycles. The summed E-state index contributed by atoms with van der Waals surface area (Å²) >= 11 is 0. The highest BCUT2D eigenvalue weighted by molar-refractivity contribution is 5.76. The Balaban J connectivity index is 4.08. The van der Waals surface area contributed by atoms with E-state index in [2.05, 4.69) is 0 Å². The van der Waals surface area contributed by atoms with E-state index in [0.717, 1.165) is 6.42 Å². The Labute approximate surface area is 95.4 Å². The van der Waals surface area contributed by atoms with Gasteiger partial charge in [0, 0.05) is 26.8 Å². The number of hydrogen-bond donors (Lipinski definition) is 2. The first kappa shape index (κ1) is 14.9. The van der Waals surface area contributed by atoms with Crippen molar-refractivity contribution >= 4 is 11.9 Å². The fraction of sp³-hybridized carbons (Fsp3) is 0.800. The lowest BCUT2D eigenvalue weighted by molar-refractivity contribution is -0.142. The lowest BCUT2D eigenvalue weighted by Crippen LogP contribution is -2.39. The number of ether oxygens (including phenoxy) is 1. The molecule has 0 fully saturated rings. The number of carbonyl (C=O) groups excluding carboxylic acids is 1. The van der Waals surface area contributed by atoms with Crippen molar-refractivity contribution in [2.75, 3.05) is 33.4 Å². The zero-order chi connectivity index (χ0) is 12.6. The summed E-state index contributed by atoms with van der Waals surface area (Å²) < 4.78 is 4.89. The molecule has 0 aliphatic rings. The molecule has 0 rings (SSSR count). The maximum absolute atomic E-state index is 10.8. The second-order valence-corrected chi connectivity index (χ2v) is 3.79. The van der Waals surface area contributed by atoms with Gasteiger partial charge in [0.15, 0.2) is 0 Å². The number of carboxylic acids is 1. The van der Waals surface area contributed by atoms with Crippen LogP contribution >= 0.6 is 0 Å². The van der Waals surface area contributed by atoms with Crippen molar-refractivity contribution < 1.29 is 19.4 Å². The van der Waals surface area contributed by atoms with Gasteiger partial charge in [-0.25, -0.2) is 0 Å². The summed E-state index contributed by atoms with van der Waals surface area (Å²) in [5.41, 5.74) is 5.09. The van der Waals surface area contributed by atoms with Gasteiger partial charge in [-0.05, 0) is 6.42 Å². The van der Waals surface area contributed by atoms with Crippen molar-refractivity contribution in [2.45, 2.75) is 13.3 Å². The molecule has 0 aromatic heterocycles. The number of amides is 1. The minimum absolute atomic E-state index is 0.0847. The topological polar surface area (TPSA) is 92.9 Å². The van der Waals surface area contributed by atoms with Gasteiger partial charge < -0.3 is 15.6 Å². The number of primary amides is 1. The molecule has 1 amide bonds. The fourth-order valence-corrected chi connectivity index (χ4v) is 1.35. The molecule has 94 valence electrons. The summed E-state index contributed by atoms with van der Waals surface area (Å²) in [5.74, 6) is -1.84. The van der Waals surface area contributed by atoms with Gasteiger partial charge in [0.05, 0.1) is 12.5 Å². The Morgan fingerprint density at radius 1 is 1.50 bits per heavy atom. The van der Waals surface area contributed by atoms with Crippen molar-refractivity contribution in [3.05, 3.63) is 0 Å². The van der Waals surface area contributed by atoms with Gasteiger partial charge in [-0.2, -0.15) is 0 Å². The highest BCUT2D eigenvalue weighted by atomic mass is 16.5. The first-order valence-electron chi connectivity index (χ1n) is 5.19. The van der Waals surface area contributed by atoms with Crippen molar-refractivity contribution in [3.8, 4) is 0 Å². The molecule has 0 bridgehead atoms. The summed E-state index contributed by atoms with van der Waals surface area (Å²) in [7, 11) is 1.60. The molecule has 0 saturated carbocycles. The van der Waals surface area contributed by atoms with Gasteiger partial charge in [0.2, 0.25) is 5.91 Å². The second-order valence-electron chi connectivity index (χ2n) is 3.79. The van der Waals surface area contributed by atoms with Crippen LogP contribution < -0.4 is 5.73 Å². The van der Waals surface area contributed by atoms with Crippen LogP contribution in [0.1, 0.15) is 13.3 Å². The quantitative estimate of drug-likeness (QED) is 0.524. The monoisotopic (exact) mass is 232 g/mol. The molecule has 0 heterocycles. The molecule has 16 heavy (non-hydrogen) atoms. The third kappa shape index (κ3) is 7.19. The molecule has 0 aliphatic carbocycles. The van der Waals surface area contributed by atoms with Crippen LogP contribution in [0.25, 0.3) is 0 Å². The SMILES string of the molecule is COCCCN(CC(N)=O)CC(C)C(=O)O. The van der Waals surface area contributed by atoms with E-state index in [-0.39, 0.29) is 6.54 Å². The van der Waals surface area contributed by atoms with Gasteiger partial charge in [-0.1, -0.05) is 6.92 Å². The van der Waals surface area contributed by atoms with Crippen molar-refractivity contribution in [3.63, 3.8) is 0 Å². The highest BCUT2D eigenvalue weighted by Gasteiger charge is 2.17. The van der Waals surface area contributed by atoms with Gasteiger partial charge in [-0.3, -0.25) is 14.5 Å². The molecule has 1 unspecified atom stereocenters. The van der Waals surface area contributed by atoms with Crippen molar-refractivity contribution in [2.24, 2.45) is 11.7 Å². The van der Waals surface area contributed by atoms with Crippen LogP contribution in [0.4, 0.5) is 0 Å². The number of hydrogen-bond acceptors (Lipinski definition) is 4. The van der Waals surface area contributed by atoms with E-state index in [0.29, 0.717) is 19.7 Å². The summed E-state index contributed by atoms with van der Waals surface area (Å²) in [6.45, 7) is 3.20. The summed E-state index contributed by atoms with van der Waals surface area (Å²) in [6.07, 6.45) is 0.746. The number of rotatable bonds is 9. The van der Waals surface area contributed by atoms with Crippen molar-refractivity contribution in [1.29, 1.82) is 0 Å². The van der Waals surface area contributed by atoms with Gasteiger partial charge in [-0.15, -0.1) is 0 Å². The summed E-state index contributed by atoms with van der Waals surface area (Å²) in [5, 5.41) is 8.77.